The van der Waals surface area contributed by atoms with E-state index in [1.165, 1.54) is 6.07 Å². The lowest BCUT2D eigenvalue weighted by molar-refractivity contribution is -0.115. The van der Waals surface area contributed by atoms with Crippen LogP contribution in [-0.4, -0.2) is 74.6 Å². The Hall–Kier alpha value is -3.52. The minimum atomic E-state index is -1.48. The molecular formula is C14H16BN7O6. The molecule has 1 aromatic heterocycles. The summed E-state index contributed by atoms with van der Waals surface area (Å²) >= 11 is 0. The van der Waals surface area contributed by atoms with Gasteiger partial charge in [0.1, 0.15) is 12.4 Å². The van der Waals surface area contributed by atoms with Gasteiger partial charge in [0.05, 0.1) is 11.5 Å². The number of H-pyrrole nitrogens is 1. The molecule has 0 fully saturated rings. The second kappa shape index (κ2) is 8.45. The summed E-state index contributed by atoms with van der Waals surface area (Å²) in [5, 5.41) is 38.5. The van der Waals surface area contributed by atoms with Crippen molar-refractivity contribution < 1.29 is 29.2 Å². The fourth-order valence-corrected chi connectivity index (χ4v) is 2.57. The van der Waals surface area contributed by atoms with Gasteiger partial charge in [-0.2, -0.15) is 0 Å². The van der Waals surface area contributed by atoms with Crippen LogP contribution in [0, 0.1) is 0 Å². The molecule has 146 valence electrons. The second-order valence-electron chi connectivity index (χ2n) is 5.70. The molecule has 6 N–H and O–H groups in total. The predicted octanol–water partition coefficient (Wildman–Crippen LogP) is -2.28. The lowest BCUT2D eigenvalue weighted by atomic mass is 9.72. The number of benzene rings is 1. The largest absolute Gasteiger partial charge is 0.547 e. The van der Waals surface area contributed by atoms with Crippen molar-refractivity contribution in [3.63, 3.8) is 0 Å². The van der Waals surface area contributed by atoms with Gasteiger partial charge in [-0.05, 0) is 28.5 Å². The Balaban J connectivity index is 1.79. The number of carboxylic acids is 1. The van der Waals surface area contributed by atoms with Crippen LogP contribution in [-0.2, 0) is 16.1 Å². The van der Waals surface area contributed by atoms with Gasteiger partial charge in [-0.15, -0.1) is 5.10 Å². The number of hydrogen-bond donors (Lipinski definition) is 5. The SMILES string of the molecule is NCCO/N=C(\C(=O)N[C@H]1Cc2cccc(C(=O)O)c2OB1O)c1nnn[nH]1. The van der Waals surface area contributed by atoms with Crippen LogP contribution in [0.5, 0.6) is 5.75 Å². The minimum Gasteiger partial charge on any atom is -0.534 e. The van der Waals surface area contributed by atoms with Crippen molar-refractivity contribution in [1.82, 2.24) is 25.9 Å². The average Bonchev–Trinajstić information content (AvgIpc) is 3.19. The first-order valence-corrected chi connectivity index (χ1v) is 8.16. The Morgan fingerprint density at radius 2 is 2.32 bits per heavy atom. The van der Waals surface area contributed by atoms with E-state index >= 15 is 0 Å². The number of carbonyl (C=O) groups is 2. The van der Waals surface area contributed by atoms with Crippen LogP contribution in [0.1, 0.15) is 21.7 Å². The number of aromatic nitrogens is 4. The molecule has 2 aromatic rings. The van der Waals surface area contributed by atoms with Crippen molar-refractivity contribution in [1.29, 1.82) is 0 Å². The molecule has 1 aliphatic rings. The van der Waals surface area contributed by atoms with E-state index in [1.807, 2.05) is 0 Å². The fourth-order valence-electron chi connectivity index (χ4n) is 2.57. The molecule has 1 aliphatic heterocycles. The van der Waals surface area contributed by atoms with E-state index in [9.17, 15) is 19.7 Å². The van der Waals surface area contributed by atoms with Crippen molar-refractivity contribution in [3.05, 3.63) is 35.2 Å². The van der Waals surface area contributed by atoms with Crippen LogP contribution in [0.15, 0.2) is 23.4 Å². The highest BCUT2D eigenvalue weighted by Gasteiger charge is 2.38. The van der Waals surface area contributed by atoms with Crippen molar-refractivity contribution in [2.75, 3.05) is 13.2 Å². The molecule has 1 aromatic carbocycles. The van der Waals surface area contributed by atoms with Gasteiger partial charge in [0.15, 0.2) is 0 Å². The number of nitrogens with one attached hydrogen (secondary N) is 2. The molecule has 28 heavy (non-hydrogen) atoms. The zero-order valence-corrected chi connectivity index (χ0v) is 14.4. The van der Waals surface area contributed by atoms with Gasteiger partial charge in [0, 0.05) is 6.54 Å². The molecule has 0 bridgehead atoms. The summed E-state index contributed by atoms with van der Waals surface area (Å²) in [5.41, 5.74) is 5.51. The maximum Gasteiger partial charge on any atom is 0.547 e. The van der Waals surface area contributed by atoms with Crippen LogP contribution in [0.25, 0.3) is 0 Å². The number of nitrogens with two attached hydrogens (primary N) is 1. The minimum absolute atomic E-state index is 0.0469. The number of carbonyl (C=O) groups excluding carboxylic acids is 1. The van der Waals surface area contributed by atoms with E-state index in [2.05, 4.69) is 31.1 Å². The molecule has 14 heteroatoms. The van der Waals surface area contributed by atoms with Gasteiger partial charge in [0.25, 0.3) is 5.91 Å². The summed E-state index contributed by atoms with van der Waals surface area (Å²) in [6, 6.07) is 4.56. The number of fused-ring (bicyclic) bond motifs is 1. The normalized spacial score (nSPS) is 16.1. The monoisotopic (exact) mass is 389 g/mol. The number of hydrogen-bond acceptors (Lipinski definition) is 10. The second-order valence-corrected chi connectivity index (χ2v) is 5.70. The third-order valence-electron chi connectivity index (χ3n) is 3.82. The Kier molecular flexibility index (Phi) is 5.81. The lowest BCUT2D eigenvalue weighted by Gasteiger charge is -2.28. The summed E-state index contributed by atoms with van der Waals surface area (Å²) in [6.45, 7) is 0.254. The first kappa shape index (κ1) is 19.3. The molecule has 0 radical (unpaired) electrons. The Morgan fingerprint density at radius 3 is 3.00 bits per heavy atom. The van der Waals surface area contributed by atoms with Crippen LogP contribution < -0.4 is 15.7 Å². The highest BCUT2D eigenvalue weighted by atomic mass is 16.6. The zero-order valence-electron chi connectivity index (χ0n) is 14.4. The summed E-state index contributed by atoms with van der Waals surface area (Å²) in [6.07, 6.45) is 0.134. The van der Waals surface area contributed by atoms with Crippen LogP contribution in [0.2, 0.25) is 0 Å². The Morgan fingerprint density at radius 1 is 1.50 bits per heavy atom. The van der Waals surface area contributed by atoms with Crippen LogP contribution >= 0.6 is 0 Å². The van der Waals surface area contributed by atoms with E-state index in [0.717, 1.165) is 0 Å². The Bertz CT molecular complexity index is 890. The number of para-hydroxylation sites is 1. The number of amides is 1. The van der Waals surface area contributed by atoms with Gasteiger partial charge >= 0.3 is 13.1 Å². The van der Waals surface area contributed by atoms with E-state index in [0.29, 0.717) is 5.56 Å². The summed E-state index contributed by atoms with van der Waals surface area (Å²) < 4.78 is 5.33. The zero-order chi connectivity index (χ0) is 20.1. The van der Waals surface area contributed by atoms with E-state index in [-0.39, 0.29) is 42.4 Å². The van der Waals surface area contributed by atoms with Gasteiger partial charge in [-0.1, -0.05) is 17.3 Å². The molecule has 1 amide bonds. The number of aromatic amines is 1. The van der Waals surface area contributed by atoms with Gasteiger partial charge < -0.3 is 30.7 Å². The third-order valence-corrected chi connectivity index (χ3v) is 3.82. The number of rotatable bonds is 7. The summed E-state index contributed by atoms with van der Waals surface area (Å²) in [7, 11) is -1.48. The molecule has 1 atom stereocenters. The average molecular weight is 389 g/mol. The Labute approximate surface area is 158 Å². The van der Waals surface area contributed by atoms with Crippen molar-refractivity contribution in [2.24, 2.45) is 10.9 Å². The predicted molar refractivity (Wildman–Crippen MR) is 93.4 cm³/mol. The molecule has 0 saturated heterocycles. The lowest BCUT2D eigenvalue weighted by Crippen LogP contribution is -2.54. The third kappa shape index (κ3) is 4.07. The van der Waals surface area contributed by atoms with E-state index in [1.54, 1.807) is 12.1 Å². The van der Waals surface area contributed by atoms with Crippen LogP contribution in [0.4, 0.5) is 0 Å². The number of nitrogens with zero attached hydrogens (tertiary/aromatic N) is 4. The first-order valence-electron chi connectivity index (χ1n) is 8.16. The van der Waals surface area contributed by atoms with E-state index < -0.39 is 24.9 Å². The molecule has 0 unspecified atom stereocenters. The molecular weight excluding hydrogens is 373 g/mol. The molecule has 0 aliphatic carbocycles. The summed E-state index contributed by atoms with van der Waals surface area (Å²) in [5.74, 6) is -2.78. The van der Waals surface area contributed by atoms with Gasteiger partial charge in [0.2, 0.25) is 11.5 Å². The van der Waals surface area contributed by atoms with Gasteiger partial charge in [-0.3, -0.25) is 4.79 Å². The number of tetrazole rings is 1. The van der Waals surface area contributed by atoms with Crippen molar-refractivity contribution in [2.45, 2.75) is 12.4 Å². The standard InChI is InChI=1S/C14H16BN7O6/c16-4-5-27-20-10(12-18-21-22-19-12)13(23)17-9-6-7-2-1-3-8(14(24)25)11(7)28-15(9)26/h1-3,9,26H,4-6,16H2,(H,17,23)(H,24,25)(H,18,19,21,22)/b20-10-/t9-/m0/s1. The van der Waals surface area contributed by atoms with Gasteiger partial charge in [-0.25, -0.2) is 9.89 Å². The number of oxime groups is 1. The first-order chi connectivity index (χ1) is 13.5. The molecule has 0 saturated carbocycles. The van der Waals surface area contributed by atoms with Crippen LogP contribution in [0.3, 0.4) is 0 Å². The molecule has 3 rings (SSSR count). The topological polar surface area (TPSA) is 198 Å². The summed E-state index contributed by atoms with van der Waals surface area (Å²) in [4.78, 5) is 28.8. The highest BCUT2D eigenvalue weighted by molar-refractivity contribution is 6.50. The molecule has 13 nitrogen and oxygen atoms in total. The number of carboxylic acid groups (broad SMARTS) is 1. The maximum absolute atomic E-state index is 12.6. The quantitative estimate of drug-likeness (QED) is 0.149. The number of aromatic carboxylic acids is 1. The molecule has 0 spiro atoms. The highest BCUT2D eigenvalue weighted by Crippen LogP contribution is 2.30. The smallest absolute Gasteiger partial charge is 0.534 e. The maximum atomic E-state index is 12.6. The van der Waals surface area contributed by atoms with Crippen molar-refractivity contribution in [3.8, 4) is 5.75 Å². The van der Waals surface area contributed by atoms with Crippen molar-refractivity contribution >= 4 is 24.7 Å². The fraction of sp³-hybridized carbons (Fsp3) is 0.286. The van der Waals surface area contributed by atoms with E-state index in [4.69, 9.17) is 15.2 Å². The molecule has 2 heterocycles.